The first kappa shape index (κ1) is 12.6. The number of benzene rings is 1. The van der Waals surface area contributed by atoms with Gasteiger partial charge in [-0.1, -0.05) is 18.2 Å². The number of hydrogen-bond donors (Lipinski definition) is 2. The molecule has 3 rings (SSSR count). The van der Waals surface area contributed by atoms with Crippen molar-refractivity contribution in [1.29, 1.82) is 0 Å². The lowest BCUT2D eigenvalue weighted by Gasteiger charge is -2.24. The molecule has 0 spiro atoms. The quantitative estimate of drug-likeness (QED) is 0.844. The van der Waals surface area contributed by atoms with Crippen LogP contribution in [0, 0.1) is 0 Å². The first-order chi connectivity index (χ1) is 9.38. The summed E-state index contributed by atoms with van der Waals surface area (Å²) in [6.07, 6.45) is 0.876. The van der Waals surface area contributed by atoms with E-state index < -0.39 is 0 Å². The smallest absolute Gasteiger partial charge is 0.0926 e. The largest absolute Gasteiger partial charge is 0.394 e. The molecule has 1 aliphatic heterocycles. The van der Waals surface area contributed by atoms with Crippen LogP contribution >= 0.6 is 0 Å². The number of rotatable bonds is 4. The van der Waals surface area contributed by atoms with Crippen LogP contribution in [0.3, 0.4) is 0 Å². The number of aliphatic hydroxyl groups excluding tert-OH is 1. The van der Waals surface area contributed by atoms with Crippen molar-refractivity contribution in [3.63, 3.8) is 0 Å². The molecule has 1 aromatic heterocycles. The summed E-state index contributed by atoms with van der Waals surface area (Å²) < 4.78 is 7.42. The molecule has 0 saturated carbocycles. The highest BCUT2D eigenvalue weighted by Gasteiger charge is 2.18. The lowest BCUT2D eigenvalue weighted by Crippen LogP contribution is -2.43. The van der Waals surface area contributed by atoms with Crippen molar-refractivity contribution in [2.24, 2.45) is 0 Å². The van der Waals surface area contributed by atoms with E-state index >= 15 is 0 Å². The number of nitrogens with zero attached hydrogens (tertiary/aromatic N) is 2. The fourth-order valence-corrected chi connectivity index (χ4v) is 2.61. The summed E-state index contributed by atoms with van der Waals surface area (Å²) >= 11 is 0. The average molecular weight is 261 g/mol. The molecule has 1 fully saturated rings. The number of aliphatic hydroxyl groups is 1. The third-order valence-corrected chi connectivity index (χ3v) is 3.50. The molecule has 1 unspecified atom stereocenters. The van der Waals surface area contributed by atoms with Crippen molar-refractivity contribution < 1.29 is 9.84 Å². The van der Waals surface area contributed by atoms with E-state index in [0.717, 1.165) is 31.7 Å². The summed E-state index contributed by atoms with van der Waals surface area (Å²) in [7, 11) is 0. The minimum Gasteiger partial charge on any atom is -0.394 e. The van der Waals surface area contributed by atoms with Crippen LogP contribution in [0.15, 0.2) is 24.3 Å². The van der Waals surface area contributed by atoms with Crippen molar-refractivity contribution in [3.05, 3.63) is 30.0 Å². The number of aromatic nitrogens is 2. The zero-order chi connectivity index (χ0) is 13.1. The van der Waals surface area contributed by atoms with Gasteiger partial charge in [-0.15, -0.1) is 0 Å². The maximum absolute atomic E-state index is 9.17. The second kappa shape index (κ2) is 5.69. The highest BCUT2D eigenvalue weighted by molar-refractivity contribution is 5.81. The Bertz CT molecular complexity index is 547. The number of hydrogen-bond acceptors (Lipinski definition) is 4. The maximum atomic E-state index is 9.17. The van der Waals surface area contributed by atoms with Crippen LogP contribution in [0.25, 0.3) is 10.9 Å². The molecule has 1 aromatic carbocycles. The van der Waals surface area contributed by atoms with Gasteiger partial charge in [0.15, 0.2) is 0 Å². The Morgan fingerprint density at radius 2 is 2.32 bits per heavy atom. The Labute approximate surface area is 112 Å². The molecular weight excluding hydrogens is 242 g/mol. The highest BCUT2D eigenvalue weighted by Crippen LogP contribution is 2.20. The predicted molar refractivity (Wildman–Crippen MR) is 73.1 cm³/mol. The molecule has 5 heteroatoms. The number of fused-ring (bicyclic) bond motifs is 1. The molecule has 1 saturated heterocycles. The van der Waals surface area contributed by atoms with Crippen LogP contribution in [-0.2, 0) is 17.7 Å². The van der Waals surface area contributed by atoms with Gasteiger partial charge < -0.3 is 15.2 Å². The van der Waals surface area contributed by atoms with Crippen LogP contribution in [0.1, 0.15) is 5.69 Å². The van der Waals surface area contributed by atoms with Crippen molar-refractivity contribution >= 4 is 10.9 Å². The minimum atomic E-state index is 0.107. The summed E-state index contributed by atoms with van der Waals surface area (Å²) in [6, 6.07) is 8.45. The molecule has 102 valence electrons. The van der Waals surface area contributed by atoms with Crippen molar-refractivity contribution in [1.82, 2.24) is 15.1 Å². The van der Waals surface area contributed by atoms with E-state index in [2.05, 4.69) is 16.5 Å². The molecular formula is C14H19N3O2. The Kier molecular flexibility index (Phi) is 3.77. The van der Waals surface area contributed by atoms with E-state index in [1.807, 2.05) is 22.9 Å². The summed E-state index contributed by atoms with van der Waals surface area (Å²) in [5, 5.41) is 18.4. The van der Waals surface area contributed by atoms with Gasteiger partial charge in [-0.25, -0.2) is 0 Å². The summed E-state index contributed by atoms with van der Waals surface area (Å²) in [5.41, 5.74) is 2.16. The Morgan fingerprint density at radius 1 is 1.42 bits per heavy atom. The topological polar surface area (TPSA) is 59.3 Å². The Morgan fingerprint density at radius 3 is 3.11 bits per heavy atom. The maximum Gasteiger partial charge on any atom is 0.0926 e. The fraction of sp³-hybridized carbons (Fsp3) is 0.500. The number of nitrogens with one attached hydrogen (secondary N) is 1. The van der Waals surface area contributed by atoms with Gasteiger partial charge in [-0.05, 0) is 6.07 Å². The van der Waals surface area contributed by atoms with E-state index in [9.17, 15) is 5.11 Å². The number of morpholine rings is 1. The lowest BCUT2D eigenvalue weighted by molar-refractivity contribution is 0.0764. The van der Waals surface area contributed by atoms with Crippen molar-refractivity contribution in [2.45, 2.75) is 19.0 Å². The van der Waals surface area contributed by atoms with Gasteiger partial charge in [0.25, 0.3) is 0 Å². The van der Waals surface area contributed by atoms with Gasteiger partial charge in [-0.2, -0.15) is 5.10 Å². The molecule has 2 heterocycles. The fourth-order valence-electron chi connectivity index (χ4n) is 2.61. The Balaban J connectivity index is 1.92. The zero-order valence-electron chi connectivity index (χ0n) is 10.9. The second-order valence-electron chi connectivity index (χ2n) is 4.84. The standard InChI is InChI=1S/C14H19N3O2/c18-7-6-17-14(9-11-10-19-8-5-15-11)12-3-1-2-4-13(12)16-17/h1-4,11,15,18H,5-10H2. The molecule has 2 N–H and O–H groups in total. The van der Waals surface area contributed by atoms with Gasteiger partial charge in [0.05, 0.1) is 31.9 Å². The second-order valence-corrected chi connectivity index (χ2v) is 4.84. The molecule has 1 aliphatic rings. The van der Waals surface area contributed by atoms with Gasteiger partial charge in [-0.3, -0.25) is 4.68 Å². The molecule has 0 bridgehead atoms. The molecule has 5 nitrogen and oxygen atoms in total. The highest BCUT2D eigenvalue weighted by atomic mass is 16.5. The predicted octanol–water partition coefficient (Wildman–Crippen LogP) is 0.559. The summed E-state index contributed by atoms with van der Waals surface area (Å²) in [5.74, 6) is 0. The lowest BCUT2D eigenvalue weighted by atomic mass is 10.1. The van der Waals surface area contributed by atoms with E-state index in [0.29, 0.717) is 12.6 Å². The SMILES string of the molecule is OCCn1nc2ccccc2c1CC1COCCN1. The third kappa shape index (κ3) is 2.63. The van der Waals surface area contributed by atoms with Crippen molar-refractivity contribution in [3.8, 4) is 0 Å². The van der Waals surface area contributed by atoms with Crippen molar-refractivity contribution in [2.75, 3.05) is 26.4 Å². The number of ether oxygens (including phenoxy) is 1. The molecule has 19 heavy (non-hydrogen) atoms. The normalized spacial score (nSPS) is 19.9. The monoisotopic (exact) mass is 261 g/mol. The van der Waals surface area contributed by atoms with Crippen LogP contribution in [0.4, 0.5) is 0 Å². The first-order valence-corrected chi connectivity index (χ1v) is 6.75. The Hall–Kier alpha value is -1.43. The van der Waals surface area contributed by atoms with Crippen LogP contribution in [0.2, 0.25) is 0 Å². The van der Waals surface area contributed by atoms with Gasteiger partial charge in [0.1, 0.15) is 0 Å². The van der Waals surface area contributed by atoms with Crippen LogP contribution in [0.5, 0.6) is 0 Å². The molecule has 0 radical (unpaired) electrons. The summed E-state index contributed by atoms with van der Waals surface area (Å²) in [4.78, 5) is 0. The van der Waals surface area contributed by atoms with Crippen LogP contribution < -0.4 is 5.32 Å². The van der Waals surface area contributed by atoms with Gasteiger partial charge in [0.2, 0.25) is 0 Å². The molecule has 0 amide bonds. The first-order valence-electron chi connectivity index (χ1n) is 6.75. The molecule has 0 aliphatic carbocycles. The molecule has 1 atom stereocenters. The third-order valence-electron chi connectivity index (χ3n) is 3.50. The van der Waals surface area contributed by atoms with E-state index in [1.54, 1.807) is 0 Å². The summed E-state index contributed by atoms with van der Waals surface area (Å²) in [6.45, 7) is 3.07. The zero-order valence-corrected chi connectivity index (χ0v) is 10.9. The molecule has 2 aromatic rings. The van der Waals surface area contributed by atoms with E-state index in [-0.39, 0.29) is 6.61 Å². The van der Waals surface area contributed by atoms with Gasteiger partial charge >= 0.3 is 0 Å². The minimum absolute atomic E-state index is 0.107. The average Bonchev–Trinajstić information content (AvgIpc) is 2.79. The van der Waals surface area contributed by atoms with Gasteiger partial charge in [0, 0.05) is 30.1 Å². The van der Waals surface area contributed by atoms with Crippen LogP contribution in [-0.4, -0.2) is 47.3 Å². The van der Waals surface area contributed by atoms with E-state index in [1.165, 1.54) is 11.1 Å². The van der Waals surface area contributed by atoms with E-state index in [4.69, 9.17) is 4.74 Å².